The van der Waals surface area contributed by atoms with Gasteiger partial charge in [0.25, 0.3) is 0 Å². The van der Waals surface area contributed by atoms with Crippen molar-refractivity contribution in [1.29, 1.82) is 0 Å². The standard InChI is InChI=1S/C14H25N3O4/c1-16(11-2-6-15-7-3-11)14(20)17-8-4-12(5-9-17)21-10-13(18)19/h11-12,15H,2-10H2,1H3,(H,18,19). The van der Waals surface area contributed by atoms with Gasteiger partial charge in [0.2, 0.25) is 0 Å². The molecular formula is C14H25N3O4. The first-order valence-corrected chi connectivity index (χ1v) is 7.63. The van der Waals surface area contributed by atoms with Crippen molar-refractivity contribution in [3.8, 4) is 0 Å². The van der Waals surface area contributed by atoms with Gasteiger partial charge in [-0.15, -0.1) is 0 Å². The number of hydrogen-bond acceptors (Lipinski definition) is 4. The van der Waals surface area contributed by atoms with E-state index in [-0.39, 0.29) is 18.7 Å². The number of carboxylic acid groups (broad SMARTS) is 1. The predicted octanol–water partition coefficient (Wildman–Crippen LogP) is 0.356. The molecule has 2 fully saturated rings. The molecule has 2 aliphatic heterocycles. The Balaban J connectivity index is 1.75. The largest absolute Gasteiger partial charge is 0.480 e. The van der Waals surface area contributed by atoms with Crippen LogP contribution in [0.5, 0.6) is 0 Å². The minimum Gasteiger partial charge on any atom is -0.480 e. The fourth-order valence-corrected chi connectivity index (χ4v) is 2.98. The zero-order valence-corrected chi connectivity index (χ0v) is 12.6. The van der Waals surface area contributed by atoms with Crippen LogP contribution in [-0.4, -0.2) is 78.9 Å². The van der Waals surface area contributed by atoms with Crippen LogP contribution >= 0.6 is 0 Å². The fourth-order valence-electron chi connectivity index (χ4n) is 2.98. The van der Waals surface area contributed by atoms with Gasteiger partial charge >= 0.3 is 12.0 Å². The molecule has 2 heterocycles. The Morgan fingerprint density at radius 2 is 1.86 bits per heavy atom. The number of likely N-dealkylation sites (tertiary alicyclic amines) is 1. The molecule has 2 aliphatic rings. The Kier molecular flexibility index (Phi) is 5.81. The molecule has 0 aromatic heterocycles. The van der Waals surface area contributed by atoms with Crippen LogP contribution in [0.2, 0.25) is 0 Å². The molecule has 2 saturated heterocycles. The predicted molar refractivity (Wildman–Crippen MR) is 77.2 cm³/mol. The van der Waals surface area contributed by atoms with Crippen LogP contribution in [0.3, 0.4) is 0 Å². The monoisotopic (exact) mass is 299 g/mol. The zero-order valence-electron chi connectivity index (χ0n) is 12.6. The highest BCUT2D eigenvalue weighted by Crippen LogP contribution is 2.17. The summed E-state index contributed by atoms with van der Waals surface area (Å²) in [4.78, 5) is 26.7. The maximum absolute atomic E-state index is 12.5. The van der Waals surface area contributed by atoms with Crippen LogP contribution in [0.4, 0.5) is 4.79 Å². The minimum atomic E-state index is -0.945. The van der Waals surface area contributed by atoms with Gasteiger partial charge in [-0.1, -0.05) is 0 Å². The van der Waals surface area contributed by atoms with Crippen LogP contribution < -0.4 is 5.32 Å². The topological polar surface area (TPSA) is 82.1 Å². The van der Waals surface area contributed by atoms with E-state index in [0.717, 1.165) is 25.9 Å². The Morgan fingerprint density at radius 3 is 2.43 bits per heavy atom. The Bertz CT molecular complexity index is 363. The number of nitrogens with one attached hydrogen (secondary N) is 1. The molecule has 0 unspecified atom stereocenters. The SMILES string of the molecule is CN(C(=O)N1CCC(OCC(=O)O)CC1)C1CCNCC1. The van der Waals surface area contributed by atoms with Gasteiger partial charge in [-0.05, 0) is 38.8 Å². The van der Waals surface area contributed by atoms with Gasteiger partial charge in [0, 0.05) is 26.2 Å². The molecule has 0 bridgehead atoms. The van der Waals surface area contributed by atoms with Crippen molar-refractivity contribution >= 4 is 12.0 Å². The Labute approximate surface area is 125 Å². The zero-order chi connectivity index (χ0) is 15.2. The smallest absolute Gasteiger partial charge is 0.329 e. The van der Waals surface area contributed by atoms with E-state index in [0.29, 0.717) is 32.0 Å². The summed E-state index contributed by atoms with van der Waals surface area (Å²) >= 11 is 0. The number of piperidine rings is 2. The average molecular weight is 299 g/mol. The van der Waals surface area contributed by atoms with Gasteiger partial charge in [0.05, 0.1) is 6.10 Å². The number of carbonyl (C=O) groups is 2. The molecule has 0 radical (unpaired) electrons. The van der Waals surface area contributed by atoms with Gasteiger partial charge in [-0.2, -0.15) is 0 Å². The third-order valence-corrected chi connectivity index (χ3v) is 4.31. The normalized spacial score (nSPS) is 21.3. The lowest BCUT2D eigenvalue weighted by atomic mass is 10.1. The summed E-state index contributed by atoms with van der Waals surface area (Å²) in [7, 11) is 1.88. The molecule has 0 atom stereocenters. The summed E-state index contributed by atoms with van der Waals surface area (Å²) in [5, 5.41) is 11.9. The van der Waals surface area contributed by atoms with E-state index < -0.39 is 5.97 Å². The van der Waals surface area contributed by atoms with Crippen LogP contribution in [0.25, 0.3) is 0 Å². The Hall–Kier alpha value is -1.34. The third-order valence-electron chi connectivity index (χ3n) is 4.31. The highest BCUT2D eigenvalue weighted by atomic mass is 16.5. The van der Waals surface area contributed by atoms with E-state index in [4.69, 9.17) is 9.84 Å². The number of carbonyl (C=O) groups excluding carboxylic acids is 1. The van der Waals surface area contributed by atoms with Crippen molar-refractivity contribution in [2.24, 2.45) is 0 Å². The van der Waals surface area contributed by atoms with Crippen molar-refractivity contribution in [2.75, 3.05) is 39.8 Å². The molecular weight excluding hydrogens is 274 g/mol. The number of aliphatic carboxylic acids is 1. The fraction of sp³-hybridized carbons (Fsp3) is 0.857. The quantitative estimate of drug-likeness (QED) is 0.783. The first-order chi connectivity index (χ1) is 10.1. The van der Waals surface area contributed by atoms with E-state index in [9.17, 15) is 9.59 Å². The van der Waals surface area contributed by atoms with E-state index in [1.54, 1.807) is 0 Å². The molecule has 120 valence electrons. The van der Waals surface area contributed by atoms with Gasteiger partial charge < -0.3 is 25.0 Å². The van der Waals surface area contributed by atoms with Crippen LogP contribution in [0, 0.1) is 0 Å². The minimum absolute atomic E-state index is 0.0469. The summed E-state index contributed by atoms with van der Waals surface area (Å²) in [6.45, 7) is 2.95. The van der Waals surface area contributed by atoms with Gasteiger partial charge in [-0.3, -0.25) is 0 Å². The summed E-state index contributed by atoms with van der Waals surface area (Å²) < 4.78 is 5.29. The highest BCUT2D eigenvalue weighted by molar-refractivity contribution is 5.74. The molecule has 0 spiro atoms. The van der Waals surface area contributed by atoms with Crippen LogP contribution in [0.1, 0.15) is 25.7 Å². The molecule has 0 aromatic rings. The van der Waals surface area contributed by atoms with Gasteiger partial charge in [0.15, 0.2) is 0 Å². The highest BCUT2D eigenvalue weighted by Gasteiger charge is 2.29. The molecule has 0 aliphatic carbocycles. The van der Waals surface area contributed by atoms with E-state index in [1.165, 1.54) is 0 Å². The van der Waals surface area contributed by atoms with E-state index >= 15 is 0 Å². The summed E-state index contributed by atoms with van der Waals surface area (Å²) in [6, 6.07) is 0.401. The third kappa shape index (κ3) is 4.57. The number of amides is 2. The lowest BCUT2D eigenvalue weighted by Crippen LogP contribution is -2.51. The number of carboxylic acids is 1. The van der Waals surface area contributed by atoms with Gasteiger partial charge in [0.1, 0.15) is 6.61 Å². The van der Waals surface area contributed by atoms with Gasteiger partial charge in [-0.25, -0.2) is 9.59 Å². The molecule has 21 heavy (non-hydrogen) atoms. The number of ether oxygens (including phenoxy) is 1. The number of rotatable bonds is 4. The number of hydrogen-bond donors (Lipinski definition) is 2. The summed E-state index contributed by atoms with van der Waals surface area (Å²) in [5.41, 5.74) is 0. The molecule has 2 N–H and O–H groups in total. The summed E-state index contributed by atoms with van der Waals surface area (Å²) in [6.07, 6.45) is 3.37. The lowest BCUT2D eigenvalue weighted by molar-refractivity contribution is -0.145. The maximum Gasteiger partial charge on any atom is 0.329 e. The van der Waals surface area contributed by atoms with Crippen molar-refractivity contribution in [3.05, 3.63) is 0 Å². The maximum atomic E-state index is 12.5. The van der Waals surface area contributed by atoms with E-state index in [1.807, 2.05) is 16.8 Å². The summed E-state index contributed by atoms with van der Waals surface area (Å²) in [5.74, 6) is -0.945. The average Bonchev–Trinajstić information content (AvgIpc) is 2.53. The molecule has 7 nitrogen and oxygen atoms in total. The molecule has 0 saturated carbocycles. The molecule has 2 amide bonds. The van der Waals surface area contributed by atoms with Crippen molar-refractivity contribution in [3.63, 3.8) is 0 Å². The Morgan fingerprint density at radius 1 is 1.24 bits per heavy atom. The first-order valence-electron chi connectivity index (χ1n) is 7.63. The van der Waals surface area contributed by atoms with Crippen molar-refractivity contribution in [1.82, 2.24) is 15.1 Å². The van der Waals surface area contributed by atoms with Crippen molar-refractivity contribution in [2.45, 2.75) is 37.8 Å². The molecule has 0 aromatic carbocycles. The lowest BCUT2D eigenvalue weighted by Gasteiger charge is -2.38. The van der Waals surface area contributed by atoms with Crippen LogP contribution in [-0.2, 0) is 9.53 Å². The van der Waals surface area contributed by atoms with Crippen LogP contribution in [0.15, 0.2) is 0 Å². The second-order valence-corrected chi connectivity index (χ2v) is 5.77. The number of nitrogens with zero attached hydrogens (tertiary/aromatic N) is 2. The number of urea groups is 1. The van der Waals surface area contributed by atoms with Crippen molar-refractivity contribution < 1.29 is 19.4 Å². The second kappa shape index (κ2) is 7.61. The molecule has 2 rings (SSSR count). The second-order valence-electron chi connectivity index (χ2n) is 5.77. The first kappa shape index (κ1) is 16.0. The van der Waals surface area contributed by atoms with E-state index in [2.05, 4.69) is 5.32 Å². The molecule has 7 heteroatoms.